The van der Waals surface area contributed by atoms with Crippen LogP contribution in [0.25, 0.3) is 11.3 Å². The summed E-state index contributed by atoms with van der Waals surface area (Å²) in [7, 11) is -3.71. The summed E-state index contributed by atoms with van der Waals surface area (Å²) < 4.78 is 32.8. The standard InChI is InChI=1S/C19H23N3O5S/c1-3-27-19(24)14-8-10-22(11-9-14)28(25,26)17-12-15(5-4-13(17)2)16-6-7-18(23)21-20-16/h4-7,12,14H,3,8-11H2,1-2H3,(H,21,23). The fourth-order valence-electron chi connectivity index (χ4n) is 3.27. The minimum absolute atomic E-state index is 0.201. The van der Waals surface area contributed by atoms with Crippen molar-refractivity contribution in [3.63, 3.8) is 0 Å². The molecule has 1 aliphatic rings. The Morgan fingerprint density at radius 3 is 2.57 bits per heavy atom. The Labute approximate surface area is 163 Å². The second-order valence-corrected chi connectivity index (χ2v) is 8.62. The number of rotatable bonds is 5. The Bertz CT molecular complexity index is 1000. The maximum absolute atomic E-state index is 13.2. The molecule has 0 bridgehead atoms. The normalized spacial score (nSPS) is 16.1. The third kappa shape index (κ3) is 4.15. The number of H-pyrrole nitrogens is 1. The van der Waals surface area contributed by atoms with Crippen LogP contribution in [0.15, 0.2) is 40.0 Å². The fourth-order valence-corrected chi connectivity index (χ4v) is 4.99. The minimum atomic E-state index is -3.71. The highest BCUT2D eigenvalue weighted by Gasteiger charge is 2.33. The van der Waals surface area contributed by atoms with Gasteiger partial charge in [0.1, 0.15) is 0 Å². The van der Waals surface area contributed by atoms with Crippen molar-refractivity contribution < 1.29 is 17.9 Å². The minimum Gasteiger partial charge on any atom is -0.466 e. The number of aromatic nitrogens is 2. The zero-order chi connectivity index (χ0) is 20.3. The van der Waals surface area contributed by atoms with Gasteiger partial charge in [0, 0.05) is 24.7 Å². The Morgan fingerprint density at radius 1 is 1.25 bits per heavy atom. The molecule has 2 aromatic rings. The summed E-state index contributed by atoms with van der Waals surface area (Å²) in [5.41, 5.74) is 1.38. The first-order valence-corrected chi connectivity index (χ1v) is 10.6. The number of hydrogen-bond acceptors (Lipinski definition) is 6. The zero-order valence-electron chi connectivity index (χ0n) is 15.8. The number of nitrogens with one attached hydrogen (secondary N) is 1. The molecular weight excluding hydrogens is 382 g/mol. The molecule has 1 fully saturated rings. The molecule has 1 aromatic heterocycles. The lowest BCUT2D eigenvalue weighted by Gasteiger charge is -2.30. The topological polar surface area (TPSA) is 109 Å². The van der Waals surface area contributed by atoms with E-state index >= 15 is 0 Å². The molecule has 0 radical (unpaired) electrons. The van der Waals surface area contributed by atoms with Crippen molar-refractivity contribution in [3.8, 4) is 11.3 Å². The summed E-state index contributed by atoms with van der Waals surface area (Å²) in [4.78, 5) is 23.3. The second-order valence-electron chi connectivity index (χ2n) is 6.72. The average Bonchev–Trinajstić information content (AvgIpc) is 2.69. The van der Waals surface area contributed by atoms with Gasteiger partial charge in [-0.1, -0.05) is 12.1 Å². The van der Waals surface area contributed by atoms with Gasteiger partial charge in [0.15, 0.2) is 0 Å². The SMILES string of the molecule is CCOC(=O)C1CCN(S(=O)(=O)c2cc(-c3ccc(=O)[nH]n3)ccc2C)CC1. The number of aromatic amines is 1. The highest BCUT2D eigenvalue weighted by molar-refractivity contribution is 7.89. The van der Waals surface area contributed by atoms with E-state index in [0.717, 1.165) is 0 Å². The molecule has 2 heterocycles. The van der Waals surface area contributed by atoms with Gasteiger partial charge in [0.05, 0.1) is 23.1 Å². The van der Waals surface area contributed by atoms with Crippen molar-refractivity contribution >= 4 is 16.0 Å². The largest absolute Gasteiger partial charge is 0.466 e. The lowest BCUT2D eigenvalue weighted by molar-refractivity contribution is -0.149. The van der Waals surface area contributed by atoms with Crippen LogP contribution in [0.3, 0.4) is 0 Å². The van der Waals surface area contributed by atoms with E-state index in [9.17, 15) is 18.0 Å². The zero-order valence-corrected chi connectivity index (χ0v) is 16.7. The number of esters is 1. The highest BCUT2D eigenvalue weighted by atomic mass is 32.2. The molecule has 150 valence electrons. The molecule has 0 spiro atoms. The van der Waals surface area contributed by atoms with Crippen LogP contribution in [0.5, 0.6) is 0 Å². The molecule has 0 atom stereocenters. The monoisotopic (exact) mass is 405 g/mol. The van der Waals surface area contributed by atoms with Crippen molar-refractivity contribution in [2.75, 3.05) is 19.7 Å². The third-order valence-corrected chi connectivity index (χ3v) is 6.90. The number of carbonyl (C=O) groups excluding carboxylic acids is 1. The molecule has 1 N–H and O–H groups in total. The van der Waals surface area contributed by atoms with Crippen LogP contribution >= 0.6 is 0 Å². The van der Waals surface area contributed by atoms with E-state index in [1.807, 2.05) is 0 Å². The summed E-state index contributed by atoms with van der Waals surface area (Å²) in [5.74, 6) is -0.522. The lowest BCUT2D eigenvalue weighted by Crippen LogP contribution is -2.40. The predicted octanol–water partition coefficient (Wildman–Crippen LogP) is 1.71. The fraction of sp³-hybridized carbons (Fsp3) is 0.421. The number of nitrogens with zero attached hydrogens (tertiary/aromatic N) is 2. The first kappa shape index (κ1) is 20.2. The van der Waals surface area contributed by atoms with E-state index in [4.69, 9.17) is 4.74 Å². The molecule has 3 rings (SSSR count). The van der Waals surface area contributed by atoms with Gasteiger partial charge in [-0.15, -0.1) is 0 Å². The van der Waals surface area contributed by atoms with Crippen LogP contribution < -0.4 is 5.56 Å². The van der Waals surface area contributed by atoms with Gasteiger partial charge >= 0.3 is 5.97 Å². The summed E-state index contributed by atoms with van der Waals surface area (Å²) in [6.07, 6.45) is 0.885. The number of ether oxygens (including phenoxy) is 1. The maximum Gasteiger partial charge on any atom is 0.309 e. The van der Waals surface area contributed by atoms with Gasteiger partial charge in [-0.2, -0.15) is 9.40 Å². The molecule has 1 aliphatic heterocycles. The van der Waals surface area contributed by atoms with Crippen molar-refractivity contribution in [2.45, 2.75) is 31.6 Å². The van der Waals surface area contributed by atoms with Gasteiger partial charge in [0.25, 0.3) is 5.56 Å². The first-order valence-electron chi connectivity index (χ1n) is 9.16. The van der Waals surface area contributed by atoms with E-state index in [0.29, 0.717) is 36.3 Å². The average molecular weight is 405 g/mol. The van der Waals surface area contributed by atoms with Crippen LogP contribution in [0.2, 0.25) is 0 Å². The van der Waals surface area contributed by atoms with Gasteiger partial charge in [-0.3, -0.25) is 9.59 Å². The number of aryl methyl sites for hydroxylation is 1. The number of benzene rings is 1. The van der Waals surface area contributed by atoms with Gasteiger partial charge in [-0.05, 0) is 44.4 Å². The van der Waals surface area contributed by atoms with Crippen LogP contribution in [-0.4, -0.2) is 48.6 Å². The molecule has 28 heavy (non-hydrogen) atoms. The number of piperidine rings is 1. The summed E-state index contributed by atoms with van der Waals surface area (Å²) in [5, 5.41) is 6.31. The molecule has 0 saturated carbocycles. The van der Waals surface area contributed by atoms with Crippen molar-refractivity contribution in [2.24, 2.45) is 5.92 Å². The predicted molar refractivity (Wildman–Crippen MR) is 103 cm³/mol. The van der Waals surface area contributed by atoms with E-state index in [2.05, 4.69) is 10.2 Å². The molecule has 8 nitrogen and oxygen atoms in total. The van der Waals surface area contributed by atoms with E-state index in [1.165, 1.54) is 10.4 Å². The molecular formula is C19H23N3O5S. The van der Waals surface area contributed by atoms with Crippen molar-refractivity contribution in [3.05, 3.63) is 46.2 Å². The van der Waals surface area contributed by atoms with Crippen LogP contribution in [0, 0.1) is 12.8 Å². The lowest BCUT2D eigenvalue weighted by atomic mass is 9.98. The second kappa shape index (κ2) is 8.24. The van der Waals surface area contributed by atoms with Gasteiger partial charge in [-0.25, -0.2) is 13.5 Å². The van der Waals surface area contributed by atoms with Crippen LogP contribution in [0.1, 0.15) is 25.3 Å². The molecule has 1 saturated heterocycles. The molecule has 0 unspecified atom stereocenters. The van der Waals surface area contributed by atoms with Crippen LogP contribution in [-0.2, 0) is 19.6 Å². The molecule has 0 amide bonds. The summed E-state index contributed by atoms with van der Waals surface area (Å²) in [6, 6.07) is 7.95. The Hall–Kier alpha value is -2.52. The number of sulfonamides is 1. The summed E-state index contributed by atoms with van der Waals surface area (Å²) in [6.45, 7) is 4.35. The Morgan fingerprint density at radius 2 is 1.96 bits per heavy atom. The highest BCUT2D eigenvalue weighted by Crippen LogP contribution is 2.29. The Kier molecular flexibility index (Phi) is 5.95. The van der Waals surface area contributed by atoms with Crippen molar-refractivity contribution in [1.82, 2.24) is 14.5 Å². The Balaban J connectivity index is 1.84. The number of carbonyl (C=O) groups is 1. The van der Waals surface area contributed by atoms with Crippen LogP contribution in [0.4, 0.5) is 0 Å². The van der Waals surface area contributed by atoms with E-state index in [1.54, 1.807) is 38.1 Å². The maximum atomic E-state index is 13.2. The quantitative estimate of drug-likeness (QED) is 0.759. The van der Waals surface area contributed by atoms with E-state index < -0.39 is 10.0 Å². The molecule has 1 aromatic carbocycles. The third-order valence-electron chi connectivity index (χ3n) is 4.85. The molecule has 0 aliphatic carbocycles. The van der Waals surface area contributed by atoms with Gasteiger partial charge < -0.3 is 4.74 Å². The smallest absolute Gasteiger partial charge is 0.309 e. The summed E-state index contributed by atoms with van der Waals surface area (Å²) >= 11 is 0. The first-order chi connectivity index (χ1) is 13.3. The molecule has 9 heteroatoms. The van der Waals surface area contributed by atoms with E-state index in [-0.39, 0.29) is 35.4 Å². The van der Waals surface area contributed by atoms with Crippen molar-refractivity contribution in [1.29, 1.82) is 0 Å². The number of hydrogen-bond donors (Lipinski definition) is 1. The van der Waals surface area contributed by atoms with Gasteiger partial charge in [0.2, 0.25) is 10.0 Å².